The van der Waals surface area contributed by atoms with E-state index in [9.17, 15) is 0 Å². The molecule has 0 spiro atoms. The number of unbranched alkanes of at least 4 members (excludes halogenated alkanes) is 3. The first-order valence-electron chi connectivity index (χ1n) is 9.60. The first-order valence-corrected chi connectivity index (χ1v) is 9.60. The van der Waals surface area contributed by atoms with Crippen molar-refractivity contribution in [1.29, 1.82) is 0 Å². The lowest BCUT2D eigenvalue weighted by molar-refractivity contribution is -0.698. The molecule has 0 N–H and O–H groups in total. The summed E-state index contributed by atoms with van der Waals surface area (Å²) in [5, 5.41) is 6.49. The molecule has 3 rings (SSSR count). The third kappa shape index (κ3) is 6.06. The lowest BCUT2D eigenvalue weighted by Gasteiger charge is -2.11. The van der Waals surface area contributed by atoms with Gasteiger partial charge in [0.25, 0.3) is 0 Å². The minimum atomic E-state index is 1.02. The van der Waals surface area contributed by atoms with Crippen molar-refractivity contribution < 1.29 is 4.57 Å². The number of hydrogen-bond donors (Lipinski definition) is 0. The van der Waals surface area contributed by atoms with Crippen LogP contribution in [-0.2, 0) is 13.1 Å². The average Bonchev–Trinajstić information content (AvgIpc) is 3.23. The van der Waals surface area contributed by atoms with Crippen LogP contribution in [0.1, 0.15) is 31.4 Å². The largest absolute Gasteiger partial charge is 0.337 e. The summed E-state index contributed by atoms with van der Waals surface area (Å²) in [4.78, 5) is 4.08. The van der Waals surface area contributed by atoms with Crippen molar-refractivity contribution in [3.05, 3.63) is 79.1 Å². The van der Waals surface area contributed by atoms with Crippen molar-refractivity contribution in [1.82, 2.24) is 9.55 Å². The van der Waals surface area contributed by atoms with E-state index in [4.69, 9.17) is 0 Å². The van der Waals surface area contributed by atoms with Gasteiger partial charge in [-0.15, -0.1) is 0 Å². The molecule has 0 unspecified atom stereocenters. The summed E-state index contributed by atoms with van der Waals surface area (Å²) in [5.41, 5.74) is 2.20. The summed E-state index contributed by atoms with van der Waals surface area (Å²) in [7, 11) is 1.97. The van der Waals surface area contributed by atoms with Crippen LogP contribution in [0.4, 0.5) is 5.69 Å². The Bertz CT molecular complexity index is 812. The molecular weight excluding hydrogens is 334 g/mol. The van der Waals surface area contributed by atoms with E-state index in [1.807, 2.05) is 55.2 Å². The number of rotatable bonds is 10. The lowest BCUT2D eigenvalue weighted by Crippen LogP contribution is -2.38. The Hall–Kier alpha value is -2.95. The number of aromatic nitrogens is 3. The van der Waals surface area contributed by atoms with Crippen LogP contribution in [0.15, 0.2) is 78.6 Å². The highest BCUT2D eigenvalue weighted by molar-refractivity contribution is 5.75. The van der Waals surface area contributed by atoms with Gasteiger partial charge in [0.15, 0.2) is 6.20 Å². The van der Waals surface area contributed by atoms with E-state index in [0.717, 1.165) is 24.5 Å². The molecule has 27 heavy (non-hydrogen) atoms. The minimum Gasteiger partial charge on any atom is -0.337 e. The molecule has 0 aliphatic heterocycles. The molecule has 2 aromatic heterocycles. The van der Waals surface area contributed by atoms with E-state index in [1.165, 1.54) is 25.7 Å². The van der Waals surface area contributed by atoms with Crippen molar-refractivity contribution >= 4 is 11.9 Å². The van der Waals surface area contributed by atoms with Crippen LogP contribution in [0.25, 0.3) is 0 Å². The van der Waals surface area contributed by atoms with E-state index in [2.05, 4.69) is 55.7 Å². The quantitative estimate of drug-likeness (QED) is 0.237. The van der Waals surface area contributed by atoms with Gasteiger partial charge in [-0.2, -0.15) is 9.67 Å². The van der Waals surface area contributed by atoms with Crippen LogP contribution in [0.5, 0.6) is 0 Å². The van der Waals surface area contributed by atoms with E-state index in [0.29, 0.717) is 0 Å². The average molecular weight is 363 g/mol. The van der Waals surface area contributed by atoms with Gasteiger partial charge in [0, 0.05) is 44.5 Å². The number of pyridine rings is 1. The third-order valence-electron chi connectivity index (χ3n) is 4.59. The summed E-state index contributed by atoms with van der Waals surface area (Å²) >= 11 is 0. The van der Waals surface area contributed by atoms with Gasteiger partial charge in [0.05, 0.1) is 12.0 Å². The van der Waals surface area contributed by atoms with Gasteiger partial charge in [-0.25, -0.2) is 4.98 Å². The zero-order chi connectivity index (χ0) is 18.7. The maximum Gasteiger partial charge on any atom is 0.225 e. The Labute approximate surface area is 161 Å². The van der Waals surface area contributed by atoms with Crippen LogP contribution in [-0.4, -0.2) is 22.8 Å². The predicted molar refractivity (Wildman–Crippen MR) is 110 cm³/mol. The molecule has 0 aliphatic rings. The van der Waals surface area contributed by atoms with Gasteiger partial charge >= 0.3 is 0 Å². The molecule has 5 nitrogen and oxygen atoms in total. The predicted octanol–water partition coefficient (Wildman–Crippen LogP) is 3.90. The number of aryl methyl sites for hydroxylation is 2. The summed E-state index contributed by atoms with van der Waals surface area (Å²) in [6.45, 7) is 2.07. The maximum atomic E-state index is 4.59. The third-order valence-corrected chi connectivity index (χ3v) is 4.59. The fourth-order valence-electron chi connectivity index (χ4n) is 3.02. The Morgan fingerprint density at radius 3 is 2.67 bits per heavy atom. The summed E-state index contributed by atoms with van der Waals surface area (Å²) in [6, 6.07) is 16.4. The molecule has 140 valence electrons. The lowest BCUT2D eigenvalue weighted by atomic mass is 10.2. The molecular formula is C22H28N5+. The van der Waals surface area contributed by atoms with E-state index < -0.39 is 0 Å². The molecule has 0 fully saturated rings. The fraction of sp³-hybridized carbons (Fsp3) is 0.318. The second-order valence-corrected chi connectivity index (χ2v) is 6.64. The van der Waals surface area contributed by atoms with Crippen LogP contribution in [0, 0.1) is 0 Å². The van der Waals surface area contributed by atoms with Gasteiger partial charge < -0.3 is 4.57 Å². The number of hydrazone groups is 1. The molecule has 0 saturated carbocycles. The Morgan fingerprint density at radius 1 is 1.04 bits per heavy atom. The number of nitrogens with zero attached hydrogens (tertiary/aromatic N) is 5. The summed E-state index contributed by atoms with van der Waals surface area (Å²) in [5.74, 6) is 0. The van der Waals surface area contributed by atoms with Crippen molar-refractivity contribution in [2.24, 2.45) is 5.10 Å². The second-order valence-electron chi connectivity index (χ2n) is 6.64. The molecule has 0 saturated heterocycles. The highest BCUT2D eigenvalue weighted by Gasteiger charge is 2.07. The molecule has 0 amide bonds. The molecule has 0 radical (unpaired) electrons. The Kier molecular flexibility index (Phi) is 7.16. The normalized spacial score (nSPS) is 11.1. The second kappa shape index (κ2) is 10.3. The van der Waals surface area contributed by atoms with E-state index in [1.54, 1.807) is 0 Å². The summed E-state index contributed by atoms with van der Waals surface area (Å²) in [6.07, 6.45) is 14.7. The molecule has 2 heterocycles. The van der Waals surface area contributed by atoms with Crippen molar-refractivity contribution in [2.75, 3.05) is 12.1 Å². The molecule has 3 aromatic rings. The maximum absolute atomic E-state index is 4.59. The van der Waals surface area contributed by atoms with Crippen molar-refractivity contribution in [3.8, 4) is 0 Å². The number of para-hydroxylation sites is 1. The number of hydrogen-bond acceptors (Lipinski definition) is 3. The SMILES string of the molecule is CN(/N=C/c1cccc[n+]1CCCCCCn1ccnc1)c1ccccc1. The summed E-state index contributed by atoms with van der Waals surface area (Å²) < 4.78 is 4.42. The topological polar surface area (TPSA) is 37.3 Å². The van der Waals surface area contributed by atoms with Crippen LogP contribution in [0.2, 0.25) is 0 Å². The standard InChI is InChI=1S/C22H28N5/c1-25(21-11-5-4-6-12-21)24-19-22-13-7-10-17-27(22)16-9-3-2-8-15-26-18-14-23-20-26/h4-7,10-14,17-20H,2-3,8-9,15-16H2,1H3/q+1. The van der Waals surface area contributed by atoms with Gasteiger partial charge in [0.1, 0.15) is 12.8 Å². The fourth-order valence-corrected chi connectivity index (χ4v) is 3.02. The van der Waals surface area contributed by atoms with Crippen LogP contribution in [0.3, 0.4) is 0 Å². The zero-order valence-corrected chi connectivity index (χ0v) is 16.0. The van der Waals surface area contributed by atoms with Gasteiger partial charge in [-0.3, -0.25) is 5.01 Å². The molecule has 1 aromatic carbocycles. The first kappa shape index (κ1) is 18.8. The van der Waals surface area contributed by atoms with Gasteiger partial charge in [-0.1, -0.05) is 24.6 Å². The molecule has 0 aliphatic carbocycles. The highest BCUT2D eigenvalue weighted by Crippen LogP contribution is 2.10. The van der Waals surface area contributed by atoms with Crippen molar-refractivity contribution in [3.63, 3.8) is 0 Å². The molecule has 5 heteroatoms. The number of anilines is 1. The minimum absolute atomic E-state index is 1.02. The Balaban J connectivity index is 1.46. The first-order chi connectivity index (χ1) is 13.3. The van der Waals surface area contributed by atoms with Crippen molar-refractivity contribution in [2.45, 2.75) is 38.8 Å². The highest BCUT2D eigenvalue weighted by atomic mass is 15.4. The number of benzene rings is 1. The van der Waals surface area contributed by atoms with Gasteiger partial charge in [0.2, 0.25) is 5.69 Å². The number of imidazole rings is 1. The van der Waals surface area contributed by atoms with Crippen LogP contribution < -0.4 is 9.58 Å². The zero-order valence-electron chi connectivity index (χ0n) is 16.0. The van der Waals surface area contributed by atoms with Gasteiger partial charge in [-0.05, 0) is 31.0 Å². The van der Waals surface area contributed by atoms with E-state index >= 15 is 0 Å². The monoisotopic (exact) mass is 362 g/mol. The van der Waals surface area contributed by atoms with E-state index in [-0.39, 0.29) is 0 Å². The molecule has 0 bridgehead atoms. The molecule has 0 atom stereocenters. The van der Waals surface area contributed by atoms with Crippen LogP contribution >= 0.6 is 0 Å². The Morgan fingerprint density at radius 2 is 1.85 bits per heavy atom. The smallest absolute Gasteiger partial charge is 0.225 e.